The highest BCUT2D eigenvalue weighted by molar-refractivity contribution is 5.67. The topological polar surface area (TPSA) is 46.5 Å². The lowest BCUT2D eigenvalue weighted by atomic mass is 10.2. The molecule has 0 heterocycles. The third-order valence-electron chi connectivity index (χ3n) is 0.677. The number of hydrogen-bond donors (Lipinski definition) is 1. The molecule has 3 nitrogen and oxygen atoms in total. The Labute approximate surface area is 54.6 Å². The SMILES string of the molecule is CC(C)COCC(=O)O. The summed E-state index contributed by atoms with van der Waals surface area (Å²) in [7, 11) is 0. The molecule has 0 amide bonds. The maximum Gasteiger partial charge on any atom is 0.329 e. The van der Waals surface area contributed by atoms with E-state index in [4.69, 9.17) is 9.84 Å². The highest BCUT2D eigenvalue weighted by Gasteiger charge is 1.97. The predicted molar refractivity (Wildman–Crippen MR) is 33.3 cm³/mol. The molecule has 0 aliphatic rings. The van der Waals surface area contributed by atoms with Crippen LogP contribution in [-0.4, -0.2) is 24.3 Å². The summed E-state index contributed by atoms with van der Waals surface area (Å²) in [5.41, 5.74) is 0. The maximum atomic E-state index is 9.86. The van der Waals surface area contributed by atoms with Crippen LogP contribution < -0.4 is 0 Å². The number of carbonyl (C=O) groups is 1. The Hall–Kier alpha value is -0.570. The van der Waals surface area contributed by atoms with Gasteiger partial charge in [0.05, 0.1) is 0 Å². The summed E-state index contributed by atoms with van der Waals surface area (Å²) in [6.07, 6.45) is 0. The fourth-order valence-corrected chi connectivity index (χ4v) is 0.382. The molecule has 1 N–H and O–H groups in total. The van der Waals surface area contributed by atoms with Crippen LogP contribution in [-0.2, 0) is 9.53 Å². The molecule has 54 valence electrons. The summed E-state index contributed by atoms with van der Waals surface area (Å²) in [5, 5.41) is 8.10. The van der Waals surface area contributed by atoms with Crippen LogP contribution >= 0.6 is 0 Å². The van der Waals surface area contributed by atoms with Crippen molar-refractivity contribution in [3.05, 3.63) is 0 Å². The minimum atomic E-state index is -0.907. The van der Waals surface area contributed by atoms with Gasteiger partial charge in [-0.15, -0.1) is 0 Å². The first-order chi connectivity index (χ1) is 4.13. The van der Waals surface area contributed by atoms with Gasteiger partial charge in [0.1, 0.15) is 6.61 Å². The zero-order chi connectivity index (χ0) is 7.28. The van der Waals surface area contributed by atoms with Gasteiger partial charge in [-0.2, -0.15) is 0 Å². The van der Waals surface area contributed by atoms with Crippen LogP contribution in [0.25, 0.3) is 0 Å². The summed E-state index contributed by atoms with van der Waals surface area (Å²) in [6.45, 7) is 4.29. The highest BCUT2D eigenvalue weighted by Crippen LogP contribution is 1.90. The van der Waals surface area contributed by atoms with Crippen molar-refractivity contribution < 1.29 is 14.6 Å². The summed E-state index contributed by atoms with van der Waals surface area (Å²) in [4.78, 5) is 9.86. The smallest absolute Gasteiger partial charge is 0.329 e. The molecular weight excluding hydrogens is 120 g/mol. The van der Waals surface area contributed by atoms with Crippen LogP contribution in [0.1, 0.15) is 13.8 Å². The lowest BCUT2D eigenvalue weighted by Gasteiger charge is -2.02. The Morgan fingerprint density at radius 2 is 2.22 bits per heavy atom. The van der Waals surface area contributed by atoms with Crippen molar-refractivity contribution in [2.45, 2.75) is 13.8 Å². The molecule has 0 aromatic rings. The van der Waals surface area contributed by atoms with Crippen LogP contribution in [0.15, 0.2) is 0 Å². The second-order valence-electron chi connectivity index (χ2n) is 2.30. The number of carboxylic acids is 1. The molecule has 3 heteroatoms. The normalized spacial score (nSPS) is 10.1. The molecule has 9 heavy (non-hydrogen) atoms. The molecule has 0 rings (SSSR count). The van der Waals surface area contributed by atoms with Crippen LogP contribution in [0.4, 0.5) is 0 Å². The second-order valence-corrected chi connectivity index (χ2v) is 2.30. The van der Waals surface area contributed by atoms with Gasteiger partial charge in [0.15, 0.2) is 0 Å². The monoisotopic (exact) mass is 132 g/mol. The third-order valence-corrected chi connectivity index (χ3v) is 0.677. The van der Waals surface area contributed by atoms with Crippen LogP contribution in [0.3, 0.4) is 0 Å². The van der Waals surface area contributed by atoms with Gasteiger partial charge >= 0.3 is 5.97 Å². The second kappa shape index (κ2) is 4.32. The summed E-state index contributed by atoms with van der Waals surface area (Å²) < 4.78 is 4.76. The van der Waals surface area contributed by atoms with Gasteiger partial charge in [-0.25, -0.2) is 4.79 Å². The Balaban J connectivity index is 3.01. The number of aliphatic carboxylic acids is 1. The van der Waals surface area contributed by atoms with Crippen LogP contribution in [0, 0.1) is 5.92 Å². The van der Waals surface area contributed by atoms with Crippen molar-refractivity contribution in [1.82, 2.24) is 0 Å². The molecule has 0 bridgehead atoms. The molecule has 0 saturated heterocycles. The van der Waals surface area contributed by atoms with E-state index in [1.165, 1.54) is 0 Å². The molecule has 0 unspecified atom stereocenters. The fourth-order valence-electron chi connectivity index (χ4n) is 0.382. The minimum Gasteiger partial charge on any atom is -0.480 e. The van der Waals surface area contributed by atoms with E-state index in [1.807, 2.05) is 13.8 Å². The van der Waals surface area contributed by atoms with Crippen molar-refractivity contribution in [2.75, 3.05) is 13.2 Å². The quantitative estimate of drug-likeness (QED) is 0.613. The standard InChI is InChI=1S/C6H12O3/c1-5(2)3-9-4-6(7)8/h5H,3-4H2,1-2H3,(H,7,8). The van der Waals surface area contributed by atoms with Crippen molar-refractivity contribution >= 4 is 5.97 Å². The van der Waals surface area contributed by atoms with E-state index < -0.39 is 5.97 Å². The fraction of sp³-hybridized carbons (Fsp3) is 0.833. The van der Waals surface area contributed by atoms with E-state index in [-0.39, 0.29) is 6.61 Å². The van der Waals surface area contributed by atoms with E-state index in [0.29, 0.717) is 12.5 Å². The summed E-state index contributed by atoms with van der Waals surface area (Å²) in [5.74, 6) is -0.500. The third kappa shape index (κ3) is 7.43. The van der Waals surface area contributed by atoms with Gasteiger partial charge in [0, 0.05) is 6.61 Å². The predicted octanol–water partition coefficient (Wildman–Crippen LogP) is 0.744. The minimum absolute atomic E-state index is 0.182. The number of hydrogen-bond acceptors (Lipinski definition) is 2. The lowest BCUT2D eigenvalue weighted by molar-refractivity contribution is -0.142. The molecule has 0 spiro atoms. The molecule has 0 aromatic heterocycles. The number of carboxylic acid groups (broad SMARTS) is 1. The molecule has 0 aliphatic heterocycles. The molecule has 0 fully saturated rings. The number of ether oxygens (including phenoxy) is 1. The Morgan fingerprint density at radius 3 is 2.56 bits per heavy atom. The molecule has 0 aromatic carbocycles. The first-order valence-corrected chi connectivity index (χ1v) is 2.92. The zero-order valence-electron chi connectivity index (χ0n) is 5.76. The van der Waals surface area contributed by atoms with E-state index in [2.05, 4.69) is 0 Å². The van der Waals surface area contributed by atoms with Gasteiger partial charge in [-0.3, -0.25) is 0 Å². The van der Waals surface area contributed by atoms with E-state index >= 15 is 0 Å². The average Bonchev–Trinajstić information content (AvgIpc) is 1.63. The molecule has 0 radical (unpaired) electrons. The first-order valence-electron chi connectivity index (χ1n) is 2.92. The largest absolute Gasteiger partial charge is 0.480 e. The number of rotatable bonds is 4. The average molecular weight is 132 g/mol. The van der Waals surface area contributed by atoms with E-state index in [0.717, 1.165) is 0 Å². The van der Waals surface area contributed by atoms with E-state index in [1.54, 1.807) is 0 Å². The molecule has 0 saturated carbocycles. The Morgan fingerprint density at radius 1 is 1.67 bits per heavy atom. The molecule has 0 atom stereocenters. The maximum absolute atomic E-state index is 9.86. The van der Waals surface area contributed by atoms with Crippen molar-refractivity contribution in [3.8, 4) is 0 Å². The zero-order valence-corrected chi connectivity index (χ0v) is 5.76. The van der Waals surface area contributed by atoms with Gasteiger partial charge in [0.2, 0.25) is 0 Å². The van der Waals surface area contributed by atoms with E-state index in [9.17, 15) is 4.79 Å². The lowest BCUT2D eigenvalue weighted by Crippen LogP contribution is -2.10. The summed E-state index contributed by atoms with van der Waals surface area (Å²) in [6, 6.07) is 0. The van der Waals surface area contributed by atoms with Gasteiger partial charge in [-0.05, 0) is 5.92 Å². The highest BCUT2D eigenvalue weighted by atomic mass is 16.5. The first kappa shape index (κ1) is 8.43. The summed E-state index contributed by atoms with van der Waals surface area (Å²) >= 11 is 0. The van der Waals surface area contributed by atoms with Crippen LogP contribution in [0.5, 0.6) is 0 Å². The Bertz CT molecular complexity index is 88.3. The van der Waals surface area contributed by atoms with Gasteiger partial charge < -0.3 is 9.84 Å². The van der Waals surface area contributed by atoms with Gasteiger partial charge in [0.25, 0.3) is 0 Å². The molecule has 0 aliphatic carbocycles. The van der Waals surface area contributed by atoms with Crippen LogP contribution in [0.2, 0.25) is 0 Å². The Kier molecular flexibility index (Phi) is 4.05. The molecular formula is C6H12O3. The van der Waals surface area contributed by atoms with Crippen molar-refractivity contribution in [1.29, 1.82) is 0 Å². The van der Waals surface area contributed by atoms with Gasteiger partial charge in [-0.1, -0.05) is 13.8 Å². The van der Waals surface area contributed by atoms with Crippen molar-refractivity contribution in [2.24, 2.45) is 5.92 Å². The van der Waals surface area contributed by atoms with Crippen molar-refractivity contribution in [3.63, 3.8) is 0 Å².